The Labute approximate surface area is 346 Å². The number of fused-ring (bicyclic) bond motifs is 12. The van der Waals surface area contributed by atoms with Gasteiger partial charge in [-0.2, -0.15) is 0 Å². The van der Waals surface area contributed by atoms with Crippen molar-refractivity contribution in [1.82, 2.24) is 14.1 Å². The maximum absolute atomic E-state index is 8.95. The second-order valence-corrected chi connectivity index (χ2v) is 16.5. The van der Waals surface area contributed by atoms with E-state index in [1.165, 1.54) is 20.9 Å². The molecule has 4 aromatic heterocycles. The fourth-order valence-electron chi connectivity index (χ4n) is 8.92. The van der Waals surface area contributed by atoms with Crippen molar-refractivity contribution < 1.29 is 13.1 Å². The molecule has 5 nitrogen and oxygen atoms in total. The number of pyridine rings is 1. The van der Waals surface area contributed by atoms with Crippen molar-refractivity contribution in [2.24, 2.45) is 6.98 Å². The number of rotatable bonds is 4. The van der Waals surface area contributed by atoms with E-state index in [0.29, 0.717) is 11.9 Å². The van der Waals surface area contributed by atoms with Crippen molar-refractivity contribution in [3.63, 3.8) is 0 Å². The van der Waals surface area contributed by atoms with Gasteiger partial charge in [-0.25, -0.2) is 4.98 Å². The van der Waals surface area contributed by atoms with Crippen molar-refractivity contribution in [3.05, 3.63) is 193 Å². The first-order chi connectivity index (χ1) is 30.0. The van der Waals surface area contributed by atoms with Gasteiger partial charge in [0, 0.05) is 27.7 Å². The molecule has 4 heterocycles. The summed E-state index contributed by atoms with van der Waals surface area (Å²) < 4.78 is 38.7. The number of aromatic nitrogens is 4. The lowest BCUT2D eigenvalue weighted by atomic mass is 9.88. The predicted octanol–water partition coefficient (Wildman–Crippen LogP) is 13.0. The van der Waals surface area contributed by atoms with Crippen LogP contribution >= 0.6 is 0 Å². The van der Waals surface area contributed by atoms with Gasteiger partial charge in [-0.3, -0.25) is 4.57 Å². The topological polar surface area (TPSA) is 39.8 Å². The lowest BCUT2D eigenvalue weighted by Gasteiger charge is -2.20. The molecule has 0 saturated heterocycles. The maximum atomic E-state index is 8.95. The molecule has 0 bridgehead atoms. The highest BCUT2D eigenvalue weighted by molar-refractivity contribution is 6.28. The van der Waals surface area contributed by atoms with Gasteiger partial charge < -0.3 is 13.6 Å². The van der Waals surface area contributed by atoms with Gasteiger partial charge in [0.25, 0.3) is 0 Å². The zero-order chi connectivity index (χ0) is 42.3. The van der Waals surface area contributed by atoms with Crippen LogP contribution in [0.15, 0.2) is 174 Å². The molecular weight excluding hydrogens is 721 g/mol. The summed E-state index contributed by atoms with van der Waals surface area (Å²) >= 11 is 0. The van der Waals surface area contributed by atoms with E-state index >= 15 is 0 Å². The van der Waals surface area contributed by atoms with Crippen LogP contribution in [-0.2, 0) is 18.8 Å². The van der Waals surface area contributed by atoms with Crippen molar-refractivity contribution in [2.75, 3.05) is 0 Å². The van der Waals surface area contributed by atoms with Gasteiger partial charge in [-0.1, -0.05) is 148 Å². The molecule has 0 aliphatic carbocycles. The van der Waals surface area contributed by atoms with Crippen molar-refractivity contribution >= 4 is 76.3 Å². The van der Waals surface area contributed by atoms with Crippen LogP contribution in [0.3, 0.4) is 0 Å². The molecule has 0 amide bonds. The summed E-state index contributed by atoms with van der Waals surface area (Å²) in [4.78, 5) is 4.89. The molecule has 284 valence electrons. The van der Waals surface area contributed by atoms with E-state index in [1.54, 1.807) is 0 Å². The summed E-state index contributed by atoms with van der Waals surface area (Å²) in [6, 6.07) is 55.9. The molecule has 0 aliphatic rings. The lowest BCUT2D eigenvalue weighted by Crippen LogP contribution is -2.30. The molecular formula is C54H42N4O. The van der Waals surface area contributed by atoms with Gasteiger partial charge in [-0.05, 0) is 86.5 Å². The van der Waals surface area contributed by atoms with E-state index in [0.717, 1.165) is 82.7 Å². The molecule has 0 saturated carbocycles. The SMILES string of the molecule is [2H]C([2H])([2H])[n+]1[c-]n(-c2cccc(Cc3ccc4c5ccccc5n(-c5cc(C(C)(C)C)ccn5)c4c3)c2)c2ccccc2c2ccc3oc4ccccc4c3c2c2ccccc21. The van der Waals surface area contributed by atoms with Gasteiger partial charge in [0.15, 0.2) is 0 Å². The largest absolute Gasteiger partial charge is 0.456 e. The van der Waals surface area contributed by atoms with E-state index in [1.807, 2.05) is 89.6 Å². The molecule has 5 heteroatoms. The Balaban J connectivity index is 1.14. The highest BCUT2D eigenvalue weighted by atomic mass is 16.3. The second kappa shape index (κ2) is 13.4. The standard InChI is InChI=1S/C54H42N4O/c1-54(2,3)37-28-29-55-51(33-37)58-47-22-11-6-16-39(47)41-25-24-36(32-48(41)58)30-35-14-13-15-38(31-35)57-34-56(4)45-20-9-7-18-43(45)52-42(40-17-5-10-21-46(40)57)26-27-50-53(52)44-19-8-12-23-49(44)59-50/h5-29,31-33H,30H2,1-4H3/i4D3. The Morgan fingerprint density at radius 3 is 2.12 bits per heavy atom. The minimum Gasteiger partial charge on any atom is -0.456 e. The van der Waals surface area contributed by atoms with E-state index in [9.17, 15) is 0 Å². The summed E-state index contributed by atoms with van der Waals surface area (Å²) in [7, 11) is 0. The highest BCUT2D eigenvalue weighted by Gasteiger charge is 2.19. The fourth-order valence-corrected chi connectivity index (χ4v) is 8.92. The Morgan fingerprint density at radius 1 is 0.593 bits per heavy atom. The third-order valence-electron chi connectivity index (χ3n) is 11.7. The molecule has 0 atom stereocenters. The van der Waals surface area contributed by atoms with Crippen LogP contribution in [-0.4, -0.2) is 14.1 Å². The second-order valence-electron chi connectivity index (χ2n) is 16.5. The molecule has 0 radical (unpaired) electrons. The van der Waals surface area contributed by atoms with Crippen LogP contribution in [0.4, 0.5) is 0 Å². The molecule has 0 N–H and O–H groups in total. The number of aryl methyl sites for hydroxylation is 1. The molecule has 59 heavy (non-hydrogen) atoms. The van der Waals surface area contributed by atoms with Crippen LogP contribution < -0.4 is 4.57 Å². The minimum absolute atomic E-state index is 0.0257. The maximum Gasteiger partial charge on any atom is 0.245 e. The quantitative estimate of drug-likeness (QED) is 0.132. The third-order valence-corrected chi connectivity index (χ3v) is 11.7. The van der Waals surface area contributed by atoms with Crippen LogP contribution in [0, 0.1) is 6.33 Å². The molecule has 11 aromatic rings. The molecule has 0 aliphatic heterocycles. The van der Waals surface area contributed by atoms with Gasteiger partial charge in [0.05, 0.1) is 38.8 Å². The smallest absolute Gasteiger partial charge is 0.245 e. The zero-order valence-corrected chi connectivity index (χ0v) is 33.1. The van der Waals surface area contributed by atoms with Crippen molar-refractivity contribution in [3.8, 4) is 11.5 Å². The Morgan fingerprint density at radius 2 is 1.29 bits per heavy atom. The Hall–Kier alpha value is -7.24. The van der Waals surface area contributed by atoms with Crippen LogP contribution in [0.5, 0.6) is 0 Å². The van der Waals surface area contributed by atoms with E-state index in [4.69, 9.17) is 13.5 Å². The first kappa shape index (κ1) is 31.8. The number of para-hydroxylation sites is 4. The van der Waals surface area contributed by atoms with Gasteiger partial charge in [0.1, 0.15) is 17.0 Å². The zero-order valence-electron chi connectivity index (χ0n) is 36.1. The van der Waals surface area contributed by atoms with Gasteiger partial charge >= 0.3 is 0 Å². The molecule has 11 rings (SSSR count). The first-order valence-corrected chi connectivity index (χ1v) is 20.1. The average Bonchev–Trinajstić information content (AvgIpc) is 3.82. The van der Waals surface area contributed by atoms with E-state index in [2.05, 4.69) is 117 Å². The fraction of sp³-hybridized carbons (Fsp3) is 0.111. The van der Waals surface area contributed by atoms with Crippen LogP contribution in [0.1, 0.15) is 41.6 Å². The molecule has 0 fully saturated rings. The number of hydrogen-bond donors (Lipinski definition) is 0. The summed E-state index contributed by atoms with van der Waals surface area (Å²) in [5.41, 5.74) is 9.25. The van der Waals surface area contributed by atoms with E-state index < -0.39 is 6.98 Å². The number of benzene rings is 7. The minimum atomic E-state index is -2.58. The Kier molecular flexibility index (Phi) is 7.24. The summed E-state index contributed by atoms with van der Waals surface area (Å²) in [6.45, 7) is 4.11. The third kappa shape index (κ3) is 5.76. The monoisotopic (exact) mass is 765 g/mol. The summed E-state index contributed by atoms with van der Waals surface area (Å²) in [6.07, 6.45) is 5.98. The van der Waals surface area contributed by atoms with Crippen LogP contribution in [0.25, 0.3) is 87.8 Å². The predicted molar refractivity (Wildman–Crippen MR) is 243 cm³/mol. The van der Waals surface area contributed by atoms with Crippen molar-refractivity contribution in [1.29, 1.82) is 0 Å². The van der Waals surface area contributed by atoms with Gasteiger partial charge in [0.2, 0.25) is 6.33 Å². The number of hydrogen-bond acceptors (Lipinski definition) is 2. The molecule has 0 unspecified atom stereocenters. The normalized spacial score (nSPS) is 13.1. The average molecular weight is 766 g/mol. The molecule has 0 spiro atoms. The molecule has 7 aromatic carbocycles. The van der Waals surface area contributed by atoms with Crippen molar-refractivity contribution in [2.45, 2.75) is 32.6 Å². The summed E-state index contributed by atoms with van der Waals surface area (Å²) in [5, 5.41) is 7.86. The Bertz CT molecular complexity index is 3660. The van der Waals surface area contributed by atoms with E-state index in [-0.39, 0.29) is 5.41 Å². The van der Waals surface area contributed by atoms with Gasteiger partial charge in [-0.15, -0.1) is 0 Å². The first-order valence-electron chi connectivity index (χ1n) is 21.6. The summed E-state index contributed by atoms with van der Waals surface area (Å²) in [5.74, 6) is 0.893. The number of nitrogens with zero attached hydrogens (tertiary/aromatic N) is 4. The highest BCUT2D eigenvalue weighted by Crippen LogP contribution is 2.39. The lowest BCUT2D eigenvalue weighted by molar-refractivity contribution is -0.652. The number of furan rings is 1. The van der Waals surface area contributed by atoms with Crippen LogP contribution in [0.2, 0.25) is 0 Å².